The number of hydrogen-bond donors (Lipinski definition) is 2. The van der Waals surface area contributed by atoms with E-state index in [1.807, 2.05) is 26.8 Å². The molecule has 1 aromatic rings. The molecule has 1 aromatic heterocycles. The topological polar surface area (TPSA) is 47.9 Å². The quantitative estimate of drug-likeness (QED) is 0.462. The van der Waals surface area contributed by atoms with Crippen LogP contribution in [0, 0.1) is 13.8 Å². The first-order chi connectivity index (χ1) is 13.3. The summed E-state index contributed by atoms with van der Waals surface area (Å²) >= 11 is 0. The van der Waals surface area contributed by atoms with Crippen molar-refractivity contribution in [2.24, 2.45) is 0 Å². The number of aromatic nitrogens is 1. The Morgan fingerprint density at radius 3 is 2.46 bits per heavy atom. The first kappa shape index (κ1) is 22.1. The summed E-state index contributed by atoms with van der Waals surface area (Å²) < 4.78 is 28.6. The van der Waals surface area contributed by atoms with Crippen LogP contribution in [0.5, 0.6) is 0 Å². The lowest BCUT2D eigenvalue weighted by Gasteiger charge is -2.12. The third-order valence-electron chi connectivity index (χ3n) is 5.06. The maximum Gasteiger partial charge on any atom is 0.934 e. The summed E-state index contributed by atoms with van der Waals surface area (Å²) in [6.45, 7) is 10.2. The maximum absolute atomic E-state index is 13.8. The highest BCUT2D eigenvalue weighted by atomic mass is 19.2. The van der Waals surface area contributed by atoms with Crippen LogP contribution >= 0.6 is 0 Å². The Labute approximate surface area is 167 Å². The van der Waals surface area contributed by atoms with Crippen LogP contribution < -0.4 is 5.32 Å². The van der Waals surface area contributed by atoms with E-state index >= 15 is 0 Å². The number of unbranched alkanes of at least 4 members (excludes halogenated alkanes) is 2. The van der Waals surface area contributed by atoms with Gasteiger partial charge in [-0.3, -0.25) is 4.79 Å². The second kappa shape index (κ2) is 9.85. The molecule has 0 saturated heterocycles. The monoisotopic (exact) mass is 390 g/mol. The minimum absolute atomic E-state index is 0.0425. The molecular formula is C21H31BF2N3O+. The molecule has 0 atom stereocenters. The molecule has 7 heteroatoms. The van der Waals surface area contributed by atoms with Crippen molar-refractivity contribution in [1.29, 1.82) is 0 Å². The van der Waals surface area contributed by atoms with Gasteiger partial charge in [0.25, 0.3) is 0 Å². The van der Waals surface area contributed by atoms with Crippen molar-refractivity contribution < 1.29 is 17.9 Å². The summed E-state index contributed by atoms with van der Waals surface area (Å²) in [5.74, 6) is -0.0425. The molecule has 0 aromatic carbocycles. The maximum atomic E-state index is 13.8. The Balaban J connectivity index is 2.33. The van der Waals surface area contributed by atoms with E-state index in [1.165, 1.54) is 0 Å². The predicted molar refractivity (Wildman–Crippen MR) is 112 cm³/mol. The van der Waals surface area contributed by atoms with Crippen LogP contribution in [0.2, 0.25) is 0 Å². The van der Waals surface area contributed by atoms with Gasteiger partial charge in [0.15, 0.2) is 11.4 Å². The summed E-state index contributed by atoms with van der Waals surface area (Å²) in [4.78, 5) is 15.6. The Bertz CT molecular complexity index is 822. The van der Waals surface area contributed by atoms with Gasteiger partial charge in [-0.1, -0.05) is 19.8 Å². The molecule has 28 heavy (non-hydrogen) atoms. The molecular weight excluding hydrogens is 359 g/mol. The molecule has 2 rings (SSSR count). The van der Waals surface area contributed by atoms with E-state index in [4.69, 9.17) is 0 Å². The molecule has 0 unspecified atom stereocenters. The van der Waals surface area contributed by atoms with Crippen LogP contribution in [0.1, 0.15) is 69.8 Å². The van der Waals surface area contributed by atoms with Crippen molar-refractivity contribution in [1.82, 2.24) is 10.3 Å². The van der Waals surface area contributed by atoms with Crippen LogP contribution in [-0.2, 0) is 4.79 Å². The number of aromatic amines is 1. The molecule has 1 amide bonds. The number of halogens is 2. The fraction of sp³-hybridized carbons (Fsp3) is 0.524. The first-order valence-corrected chi connectivity index (χ1v) is 10.0. The lowest BCUT2D eigenvalue weighted by atomic mass is 9.96. The smallest absolute Gasteiger partial charge is 0.359 e. The van der Waals surface area contributed by atoms with Crippen molar-refractivity contribution in [2.75, 3.05) is 6.54 Å². The average molecular weight is 390 g/mol. The molecule has 0 fully saturated rings. The summed E-state index contributed by atoms with van der Waals surface area (Å²) in [6.07, 6.45) is 5.59. The van der Waals surface area contributed by atoms with Crippen LogP contribution in [0.25, 0.3) is 5.57 Å². The van der Waals surface area contributed by atoms with E-state index in [-0.39, 0.29) is 12.3 Å². The van der Waals surface area contributed by atoms with Crippen molar-refractivity contribution in [3.63, 3.8) is 0 Å². The van der Waals surface area contributed by atoms with E-state index in [2.05, 4.69) is 17.2 Å². The Hall–Kier alpha value is -2.18. The average Bonchev–Trinajstić information content (AvgIpc) is 3.10. The minimum atomic E-state index is -2.63. The Kier molecular flexibility index (Phi) is 7.78. The predicted octanol–water partition coefficient (Wildman–Crippen LogP) is 4.79. The Morgan fingerprint density at radius 2 is 1.89 bits per heavy atom. The van der Waals surface area contributed by atoms with Gasteiger partial charge in [0.1, 0.15) is 0 Å². The molecule has 0 radical (unpaired) electrons. The zero-order chi connectivity index (χ0) is 20.8. The van der Waals surface area contributed by atoms with Crippen LogP contribution in [0.4, 0.5) is 8.63 Å². The molecule has 0 aliphatic carbocycles. The molecule has 2 N–H and O–H groups in total. The van der Waals surface area contributed by atoms with Crippen molar-refractivity contribution in [2.45, 2.75) is 66.7 Å². The fourth-order valence-corrected chi connectivity index (χ4v) is 3.79. The molecule has 0 spiro atoms. The van der Waals surface area contributed by atoms with Crippen LogP contribution in [0.15, 0.2) is 23.4 Å². The van der Waals surface area contributed by atoms with Gasteiger partial charge in [-0.25, -0.2) is 13.1 Å². The highest BCUT2D eigenvalue weighted by Gasteiger charge is 2.44. The number of nitrogens with one attached hydrogen (secondary N) is 2. The number of carbonyl (C=O) groups excluding carboxylic acids is 1. The Morgan fingerprint density at radius 1 is 1.18 bits per heavy atom. The first-order valence-electron chi connectivity index (χ1n) is 10.0. The third kappa shape index (κ3) is 5.21. The largest absolute Gasteiger partial charge is 0.934 e. The fourth-order valence-electron chi connectivity index (χ4n) is 3.79. The van der Waals surface area contributed by atoms with Gasteiger partial charge in [-0.2, -0.15) is 0 Å². The number of aryl methyl sites for hydroxylation is 2. The number of carbonyl (C=O) groups is 1. The van der Waals surface area contributed by atoms with Gasteiger partial charge in [-0.15, -0.1) is 0 Å². The molecule has 2 heterocycles. The number of allylic oxidation sites excluding steroid dienone is 3. The zero-order valence-electron chi connectivity index (χ0n) is 17.6. The van der Waals surface area contributed by atoms with Gasteiger partial charge in [-0.05, 0) is 45.2 Å². The normalized spacial score (nSPS) is 15.8. The van der Waals surface area contributed by atoms with Gasteiger partial charge >= 0.3 is 7.40 Å². The lowest BCUT2D eigenvalue weighted by molar-refractivity contribution is -0.343. The molecule has 4 nitrogen and oxygen atoms in total. The molecule has 152 valence electrons. The molecule has 0 bridgehead atoms. The van der Waals surface area contributed by atoms with E-state index < -0.39 is 7.40 Å². The van der Waals surface area contributed by atoms with Gasteiger partial charge in [0.2, 0.25) is 5.91 Å². The zero-order valence-corrected chi connectivity index (χ0v) is 17.6. The van der Waals surface area contributed by atoms with Gasteiger partial charge in [0, 0.05) is 42.8 Å². The highest BCUT2D eigenvalue weighted by Crippen LogP contribution is 2.33. The highest BCUT2D eigenvalue weighted by molar-refractivity contribution is 6.35. The van der Waals surface area contributed by atoms with E-state index in [0.29, 0.717) is 24.4 Å². The lowest BCUT2D eigenvalue weighted by Crippen LogP contribution is -2.26. The summed E-state index contributed by atoms with van der Waals surface area (Å²) in [5, 5.41) is 2.94. The summed E-state index contributed by atoms with van der Waals surface area (Å²) in [5.41, 5.74) is 5.39. The number of nitrogens with zero attached hydrogens (tertiary/aromatic N) is 1. The number of H-pyrrole nitrogens is 1. The van der Waals surface area contributed by atoms with Crippen LogP contribution in [-0.4, -0.2) is 35.0 Å². The van der Waals surface area contributed by atoms with Crippen molar-refractivity contribution in [3.05, 3.63) is 40.4 Å². The second-order valence-electron chi connectivity index (χ2n) is 7.51. The minimum Gasteiger partial charge on any atom is -0.359 e. The van der Waals surface area contributed by atoms with E-state index in [1.54, 1.807) is 13.0 Å². The van der Waals surface area contributed by atoms with Gasteiger partial charge in [0.05, 0.1) is 5.69 Å². The van der Waals surface area contributed by atoms with Crippen molar-refractivity contribution >= 4 is 24.6 Å². The van der Waals surface area contributed by atoms with Gasteiger partial charge < -0.3 is 10.3 Å². The SMILES string of the molecule is CCCCCNC(=O)CC/C(=C1\C(C)=CC(C)=[N+]1B(F)F)c1[nH]c(C)cc1C. The summed E-state index contributed by atoms with van der Waals surface area (Å²) in [6, 6.07) is 2.00. The second-order valence-corrected chi connectivity index (χ2v) is 7.51. The third-order valence-corrected chi connectivity index (χ3v) is 5.06. The number of amides is 1. The van der Waals surface area contributed by atoms with E-state index in [0.717, 1.165) is 51.8 Å². The molecule has 0 saturated carbocycles. The van der Waals surface area contributed by atoms with Crippen LogP contribution in [0.3, 0.4) is 0 Å². The van der Waals surface area contributed by atoms with Crippen molar-refractivity contribution in [3.8, 4) is 0 Å². The number of rotatable bonds is 9. The molecule has 1 aliphatic rings. The number of hydrogen-bond acceptors (Lipinski definition) is 1. The summed E-state index contributed by atoms with van der Waals surface area (Å²) in [7, 11) is -2.63. The molecule has 1 aliphatic heterocycles. The standard InChI is InChI=1S/C21H30BF2N3O/c1-6-7-8-11-25-19(28)10-9-18(20-14(2)12-16(4)26-20)21-15(3)13-17(5)27(21)22(23)24/h12-13H,6-11H2,1-5H3,(H,25,28)/p+1. The van der Waals surface area contributed by atoms with E-state index in [9.17, 15) is 13.4 Å².